The molecule has 0 radical (unpaired) electrons. The monoisotopic (exact) mass is 329 g/mol. The molecule has 0 spiro atoms. The van der Waals surface area contributed by atoms with Gasteiger partial charge in [-0.2, -0.15) is 0 Å². The zero-order chi connectivity index (χ0) is 16.9. The number of phenols is 1. The van der Waals surface area contributed by atoms with Gasteiger partial charge in [0.2, 0.25) is 5.75 Å². The van der Waals surface area contributed by atoms with Crippen LogP contribution < -0.4 is 14.4 Å². The summed E-state index contributed by atoms with van der Waals surface area (Å²) in [5, 5.41) is 10.0. The van der Waals surface area contributed by atoms with E-state index in [9.17, 15) is 5.11 Å². The topological polar surface area (TPSA) is 58.1 Å². The van der Waals surface area contributed by atoms with Gasteiger partial charge in [0.1, 0.15) is 5.82 Å². The smallest absolute Gasteiger partial charge is 0.200 e. The van der Waals surface area contributed by atoms with Crippen LogP contribution in [0.1, 0.15) is 5.56 Å². The second-order valence-electron chi connectivity index (χ2n) is 5.80. The highest BCUT2D eigenvalue weighted by Gasteiger charge is 2.19. The minimum Gasteiger partial charge on any atom is -0.502 e. The molecule has 1 N–H and O–H groups in total. The molecule has 1 aliphatic rings. The molecule has 0 unspecified atom stereocenters. The summed E-state index contributed by atoms with van der Waals surface area (Å²) in [5.41, 5.74) is 1.06. The number of rotatable bonds is 5. The molecule has 6 heteroatoms. The molecule has 2 aromatic rings. The van der Waals surface area contributed by atoms with Crippen LogP contribution in [0.3, 0.4) is 0 Å². The van der Waals surface area contributed by atoms with Crippen molar-refractivity contribution in [1.82, 2.24) is 9.88 Å². The molecule has 1 aliphatic heterocycles. The Hall–Kier alpha value is -2.47. The minimum atomic E-state index is 0.0451. The van der Waals surface area contributed by atoms with Crippen molar-refractivity contribution in [2.45, 2.75) is 6.54 Å². The Morgan fingerprint density at radius 1 is 1.04 bits per heavy atom. The van der Waals surface area contributed by atoms with Crippen LogP contribution >= 0.6 is 0 Å². The lowest BCUT2D eigenvalue weighted by Gasteiger charge is -2.35. The van der Waals surface area contributed by atoms with Crippen molar-refractivity contribution >= 4 is 5.82 Å². The van der Waals surface area contributed by atoms with Crippen LogP contribution in [0.25, 0.3) is 0 Å². The van der Waals surface area contributed by atoms with Gasteiger partial charge in [-0.3, -0.25) is 4.90 Å². The lowest BCUT2D eigenvalue weighted by atomic mass is 10.1. The third-order valence-electron chi connectivity index (χ3n) is 4.29. The molecule has 24 heavy (non-hydrogen) atoms. The van der Waals surface area contributed by atoms with Crippen LogP contribution in [0.2, 0.25) is 0 Å². The number of ether oxygens (including phenoxy) is 2. The fourth-order valence-electron chi connectivity index (χ4n) is 2.97. The molecule has 1 fully saturated rings. The van der Waals surface area contributed by atoms with Gasteiger partial charge in [-0.05, 0) is 29.8 Å². The number of nitrogens with zero attached hydrogens (tertiary/aromatic N) is 3. The summed E-state index contributed by atoms with van der Waals surface area (Å²) in [7, 11) is 3.09. The number of phenolic OH excluding ortho intramolecular Hbond substituents is 1. The average molecular weight is 329 g/mol. The Kier molecular flexibility index (Phi) is 5.05. The summed E-state index contributed by atoms with van der Waals surface area (Å²) >= 11 is 0. The van der Waals surface area contributed by atoms with E-state index in [1.807, 2.05) is 36.5 Å². The first-order chi connectivity index (χ1) is 11.7. The maximum Gasteiger partial charge on any atom is 0.200 e. The van der Waals surface area contributed by atoms with Crippen molar-refractivity contribution in [3.63, 3.8) is 0 Å². The molecule has 1 aromatic heterocycles. The van der Waals surface area contributed by atoms with Gasteiger partial charge >= 0.3 is 0 Å². The number of anilines is 1. The lowest BCUT2D eigenvalue weighted by Crippen LogP contribution is -2.46. The maximum absolute atomic E-state index is 10.0. The van der Waals surface area contributed by atoms with E-state index in [0.717, 1.165) is 44.1 Å². The molecule has 3 rings (SSSR count). The van der Waals surface area contributed by atoms with Crippen LogP contribution in [0.15, 0.2) is 36.5 Å². The van der Waals surface area contributed by atoms with E-state index >= 15 is 0 Å². The van der Waals surface area contributed by atoms with Gasteiger partial charge in [-0.1, -0.05) is 6.07 Å². The highest BCUT2D eigenvalue weighted by atomic mass is 16.5. The second kappa shape index (κ2) is 7.40. The van der Waals surface area contributed by atoms with Crippen molar-refractivity contribution in [2.75, 3.05) is 45.3 Å². The average Bonchev–Trinajstić information content (AvgIpc) is 2.64. The van der Waals surface area contributed by atoms with E-state index in [0.29, 0.717) is 11.5 Å². The van der Waals surface area contributed by atoms with Crippen molar-refractivity contribution in [3.8, 4) is 17.2 Å². The first-order valence-electron chi connectivity index (χ1n) is 8.03. The number of hydrogen-bond donors (Lipinski definition) is 1. The number of aromatic hydroxyl groups is 1. The molecular formula is C18H23N3O3. The van der Waals surface area contributed by atoms with Gasteiger partial charge in [0.25, 0.3) is 0 Å². The van der Waals surface area contributed by atoms with Crippen LogP contribution in [-0.2, 0) is 6.54 Å². The van der Waals surface area contributed by atoms with Crippen LogP contribution in [0, 0.1) is 0 Å². The Morgan fingerprint density at radius 3 is 2.25 bits per heavy atom. The first-order valence-corrected chi connectivity index (χ1v) is 8.03. The van der Waals surface area contributed by atoms with E-state index in [4.69, 9.17) is 9.47 Å². The Bertz CT molecular complexity index is 645. The Labute approximate surface area is 142 Å². The van der Waals surface area contributed by atoms with Crippen molar-refractivity contribution in [1.29, 1.82) is 0 Å². The molecule has 1 saturated heterocycles. The fourth-order valence-corrected chi connectivity index (χ4v) is 2.97. The fraction of sp³-hybridized carbons (Fsp3) is 0.389. The molecule has 128 valence electrons. The number of aromatic nitrogens is 1. The maximum atomic E-state index is 10.0. The van der Waals surface area contributed by atoms with Crippen LogP contribution in [0.4, 0.5) is 5.82 Å². The highest BCUT2D eigenvalue weighted by molar-refractivity contribution is 5.52. The summed E-state index contributed by atoms with van der Waals surface area (Å²) < 4.78 is 10.5. The normalized spacial score (nSPS) is 15.3. The minimum absolute atomic E-state index is 0.0451. The summed E-state index contributed by atoms with van der Waals surface area (Å²) in [4.78, 5) is 9.09. The molecule has 6 nitrogen and oxygen atoms in total. The third-order valence-corrected chi connectivity index (χ3v) is 4.29. The molecular weight excluding hydrogens is 306 g/mol. The molecule has 0 aliphatic carbocycles. The standard InChI is InChI=1S/C18H23N3O3/c1-23-15-11-14(12-16(24-2)18(15)22)13-20-7-9-21(10-8-20)17-5-3-4-6-19-17/h3-6,11-12,22H,7-10,13H2,1-2H3. The van der Waals surface area contributed by atoms with Gasteiger partial charge in [0.05, 0.1) is 14.2 Å². The van der Waals surface area contributed by atoms with E-state index in [2.05, 4.69) is 14.8 Å². The van der Waals surface area contributed by atoms with Gasteiger partial charge in [0, 0.05) is 38.9 Å². The number of piperazine rings is 1. The molecule has 1 aromatic carbocycles. The number of hydrogen-bond acceptors (Lipinski definition) is 6. The quantitative estimate of drug-likeness (QED) is 0.907. The SMILES string of the molecule is COc1cc(CN2CCN(c3ccccn3)CC2)cc(OC)c1O. The van der Waals surface area contributed by atoms with E-state index in [-0.39, 0.29) is 5.75 Å². The van der Waals surface area contributed by atoms with Gasteiger partial charge in [-0.25, -0.2) is 4.98 Å². The molecule has 0 atom stereocenters. The molecule has 0 bridgehead atoms. The largest absolute Gasteiger partial charge is 0.502 e. The first kappa shape index (κ1) is 16.4. The summed E-state index contributed by atoms with van der Waals surface area (Å²) in [5.74, 6) is 1.96. The molecule has 2 heterocycles. The van der Waals surface area contributed by atoms with Gasteiger partial charge in [0.15, 0.2) is 11.5 Å². The van der Waals surface area contributed by atoms with E-state index < -0.39 is 0 Å². The molecule has 0 amide bonds. The highest BCUT2D eigenvalue weighted by Crippen LogP contribution is 2.37. The number of pyridine rings is 1. The predicted octanol–water partition coefficient (Wildman–Crippen LogP) is 2.13. The zero-order valence-corrected chi connectivity index (χ0v) is 14.1. The molecule has 0 saturated carbocycles. The lowest BCUT2D eigenvalue weighted by molar-refractivity contribution is 0.248. The van der Waals surface area contributed by atoms with Crippen molar-refractivity contribution < 1.29 is 14.6 Å². The summed E-state index contributed by atoms with van der Waals surface area (Å²) in [6, 6.07) is 9.73. The second-order valence-corrected chi connectivity index (χ2v) is 5.80. The Balaban J connectivity index is 1.64. The Morgan fingerprint density at radius 2 is 1.71 bits per heavy atom. The van der Waals surface area contributed by atoms with Gasteiger partial charge in [-0.15, -0.1) is 0 Å². The summed E-state index contributed by atoms with van der Waals surface area (Å²) in [6.45, 7) is 4.61. The van der Waals surface area contributed by atoms with Gasteiger partial charge < -0.3 is 19.5 Å². The van der Waals surface area contributed by atoms with Crippen molar-refractivity contribution in [3.05, 3.63) is 42.1 Å². The number of methoxy groups -OCH3 is 2. The van der Waals surface area contributed by atoms with E-state index in [1.165, 1.54) is 0 Å². The van der Waals surface area contributed by atoms with E-state index in [1.54, 1.807) is 14.2 Å². The van der Waals surface area contributed by atoms with Crippen molar-refractivity contribution in [2.24, 2.45) is 0 Å². The van der Waals surface area contributed by atoms with Crippen LogP contribution in [0.5, 0.6) is 17.2 Å². The number of benzene rings is 1. The summed E-state index contributed by atoms with van der Waals surface area (Å²) in [6.07, 6.45) is 1.83. The predicted molar refractivity (Wildman–Crippen MR) is 92.9 cm³/mol. The third kappa shape index (κ3) is 3.54. The van der Waals surface area contributed by atoms with Crippen LogP contribution in [-0.4, -0.2) is 55.4 Å². The zero-order valence-electron chi connectivity index (χ0n) is 14.1.